The minimum absolute atomic E-state index is 0.0187. The number of hydrogen-bond donors (Lipinski definition) is 1. The Bertz CT molecular complexity index is 910. The Balaban J connectivity index is 2.30. The van der Waals surface area contributed by atoms with Gasteiger partial charge in [0.15, 0.2) is 0 Å². The van der Waals surface area contributed by atoms with Gasteiger partial charge in [0, 0.05) is 0 Å². The van der Waals surface area contributed by atoms with E-state index in [-0.39, 0.29) is 41.0 Å². The number of rotatable bonds is 7. The van der Waals surface area contributed by atoms with Crippen LogP contribution in [0.1, 0.15) is 45.0 Å². The number of anilines is 1. The minimum Gasteiger partial charge on any atom is -0.462 e. The molecule has 2 aromatic rings. The molecule has 1 aromatic carbocycles. The minimum atomic E-state index is -0.614. The van der Waals surface area contributed by atoms with Gasteiger partial charge in [-0.3, -0.25) is 4.79 Å². The molecule has 0 aliphatic heterocycles. The van der Waals surface area contributed by atoms with Crippen molar-refractivity contribution in [2.75, 3.05) is 18.5 Å². The average Bonchev–Trinajstić information content (AvgIpc) is 2.94. The Hall–Kier alpha value is -2.09. The lowest BCUT2D eigenvalue weighted by Crippen LogP contribution is -2.16. The third kappa shape index (κ3) is 5.25. The second-order valence-electron chi connectivity index (χ2n) is 5.67. The third-order valence-corrected chi connectivity index (χ3v) is 5.62. The highest BCUT2D eigenvalue weighted by Gasteiger charge is 2.27. The van der Waals surface area contributed by atoms with Crippen molar-refractivity contribution < 1.29 is 23.9 Å². The van der Waals surface area contributed by atoms with Crippen molar-refractivity contribution in [1.82, 2.24) is 0 Å². The number of thiophene rings is 1. The van der Waals surface area contributed by atoms with Gasteiger partial charge in [0.1, 0.15) is 9.88 Å². The zero-order valence-electron chi connectivity index (χ0n) is 15.6. The predicted molar refractivity (Wildman–Crippen MR) is 110 cm³/mol. The Morgan fingerprint density at radius 1 is 1.04 bits per heavy atom. The highest BCUT2D eigenvalue weighted by atomic mass is 35.5. The fourth-order valence-corrected chi connectivity index (χ4v) is 3.87. The van der Waals surface area contributed by atoms with Crippen LogP contribution in [0, 0.1) is 6.92 Å². The van der Waals surface area contributed by atoms with Gasteiger partial charge in [0.25, 0.3) is 0 Å². The van der Waals surface area contributed by atoms with Gasteiger partial charge in [0.05, 0.1) is 35.2 Å². The molecule has 28 heavy (non-hydrogen) atoms. The van der Waals surface area contributed by atoms with Crippen LogP contribution >= 0.6 is 34.5 Å². The SMILES string of the molecule is CCOC(=O)c1sc(NC(=O)Cc2ccc(Cl)c(Cl)c2)c(C(=O)OCC)c1C. The van der Waals surface area contributed by atoms with E-state index in [1.54, 1.807) is 39.0 Å². The van der Waals surface area contributed by atoms with Crippen molar-refractivity contribution in [1.29, 1.82) is 0 Å². The normalized spacial score (nSPS) is 10.5. The lowest BCUT2D eigenvalue weighted by atomic mass is 10.1. The third-order valence-electron chi connectivity index (χ3n) is 3.69. The first-order valence-corrected chi connectivity index (χ1v) is 10.1. The van der Waals surface area contributed by atoms with E-state index in [1.165, 1.54) is 0 Å². The maximum Gasteiger partial charge on any atom is 0.348 e. The van der Waals surface area contributed by atoms with Crippen LogP contribution in [-0.4, -0.2) is 31.1 Å². The molecule has 0 aliphatic rings. The molecule has 6 nitrogen and oxygen atoms in total. The number of benzene rings is 1. The number of carbonyl (C=O) groups is 3. The van der Waals surface area contributed by atoms with Crippen LogP contribution in [0.5, 0.6) is 0 Å². The van der Waals surface area contributed by atoms with Crippen LogP contribution in [0.2, 0.25) is 10.0 Å². The molecule has 2 rings (SSSR count). The fourth-order valence-electron chi connectivity index (χ4n) is 2.45. The smallest absolute Gasteiger partial charge is 0.348 e. The number of esters is 2. The molecule has 0 atom stereocenters. The molecule has 9 heteroatoms. The van der Waals surface area contributed by atoms with Gasteiger partial charge >= 0.3 is 11.9 Å². The van der Waals surface area contributed by atoms with Gasteiger partial charge in [-0.2, -0.15) is 0 Å². The summed E-state index contributed by atoms with van der Waals surface area (Å²) in [6.45, 7) is 5.34. The first-order chi connectivity index (χ1) is 13.3. The number of amides is 1. The highest BCUT2D eigenvalue weighted by molar-refractivity contribution is 7.18. The summed E-state index contributed by atoms with van der Waals surface area (Å²) in [5.74, 6) is -1.54. The summed E-state index contributed by atoms with van der Waals surface area (Å²) in [7, 11) is 0. The lowest BCUT2D eigenvalue weighted by molar-refractivity contribution is -0.115. The van der Waals surface area contributed by atoms with E-state index in [4.69, 9.17) is 32.7 Å². The summed E-state index contributed by atoms with van der Waals surface area (Å²) in [6, 6.07) is 4.88. The van der Waals surface area contributed by atoms with Crippen LogP contribution < -0.4 is 5.32 Å². The molecule has 1 aromatic heterocycles. The molecule has 0 radical (unpaired) electrons. The van der Waals surface area contributed by atoms with E-state index in [0.29, 0.717) is 21.2 Å². The number of carbonyl (C=O) groups excluding carboxylic acids is 3. The lowest BCUT2D eigenvalue weighted by Gasteiger charge is -2.08. The summed E-state index contributed by atoms with van der Waals surface area (Å²) < 4.78 is 10.1. The fraction of sp³-hybridized carbons (Fsp3) is 0.316. The second-order valence-corrected chi connectivity index (χ2v) is 7.51. The summed E-state index contributed by atoms with van der Waals surface area (Å²) in [5.41, 5.74) is 1.22. The van der Waals surface area contributed by atoms with E-state index in [2.05, 4.69) is 5.32 Å². The summed E-state index contributed by atoms with van der Waals surface area (Å²) >= 11 is 12.8. The number of hydrogen-bond acceptors (Lipinski definition) is 6. The average molecular weight is 444 g/mol. The molecule has 0 saturated heterocycles. The zero-order valence-corrected chi connectivity index (χ0v) is 17.9. The zero-order chi connectivity index (χ0) is 20.8. The number of nitrogens with one attached hydrogen (secondary N) is 1. The monoisotopic (exact) mass is 443 g/mol. The molecule has 0 unspecified atom stereocenters. The maximum absolute atomic E-state index is 12.5. The molecule has 0 bridgehead atoms. The highest BCUT2D eigenvalue weighted by Crippen LogP contribution is 2.34. The largest absolute Gasteiger partial charge is 0.462 e. The number of halogens is 2. The molecule has 0 spiro atoms. The Labute approximate surface area is 176 Å². The molecular formula is C19H19Cl2NO5S. The van der Waals surface area contributed by atoms with E-state index in [9.17, 15) is 14.4 Å². The first kappa shape index (κ1) is 22.2. The summed E-state index contributed by atoms with van der Waals surface area (Å²) in [4.78, 5) is 37.2. The van der Waals surface area contributed by atoms with E-state index in [0.717, 1.165) is 11.3 Å². The molecule has 1 amide bonds. The molecule has 150 valence electrons. The van der Waals surface area contributed by atoms with Crippen molar-refractivity contribution in [2.45, 2.75) is 27.2 Å². The van der Waals surface area contributed by atoms with Crippen LogP contribution in [0.3, 0.4) is 0 Å². The molecule has 0 saturated carbocycles. The standard InChI is InChI=1S/C19H19Cl2NO5S/c1-4-26-18(24)15-10(3)16(19(25)27-5-2)28-17(15)22-14(23)9-11-6-7-12(20)13(21)8-11/h6-8H,4-5,9H2,1-3H3,(H,22,23). The molecular weight excluding hydrogens is 425 g/mol. The van der Waals surface area contributed by atoms with Crippen molar-refractivity contribution in [3.8, 4) is 0 Å². The number of ether oxygens (including phenoxy) is 2. The Morgan fingerprint density at radius 2 is 1.68 bits per heavy atom. The van der Waals surface area contributed by atoms with E-state index in [1.807, 2.05) is 0 Å². The topological polar surface area (TPSA) is 81.7 Å². The summed E-state index contributed by atoms with van der Waals surface area (Å²) in [6.07, 6.45) is 0.0187. The molecule has 0 aliphatic carbocycles. The van der Waals surface area contributed by atoms with Crippen molar-refractivity contribution >= 4 is 57.4 Å². The van der Waals surface area contributed by atoms with Gasteiger partial charge in [-0.05, 0) is 44.0 Å². The van der Waals surface area contributed by atoms with E-state index < -0.39 is 11.9 Å². The predicted octanol–water partition coefficient (Wildman–Crippen LogP) is 4.90. The second kappa shape index (κ2) is 9.91. The van der Waals surface area contributed by atoms with Gasteiger partial charge in [-0.1, -0.05) is 29.3 Å². The molecule has 1 N–H and O–H groups in total. The molecule has 0 fully saturated rings. The Morgan fingerprint density at radius 3 is 2.29 bits per heavy atom. The van der Waals surface area contributed by atoms with Gasteiger partial charge in [-0.15, -0.1) is 11.3 Å². The van der Waals surface area contributed by atoms with Crippen LogP contribution in [0.15, 0.2) is 18.2 Å². The Kier molecular flexibility index (Phi) is 7.86. The van der Waals surface area contributed by atoms with Gasteiger partial charge in [-0.25, -0.2) is 9.59 Å². The van der Waals surface area contributed by atoms with E-state index >= 15 is 0 Å². The van der Waals surface area contributed by atoms with Crippen molar-refractivity contribution in [2.24, 2.45) is 0 Å². The van der Waals surface area contributed by atoms with Crippen LogP contribution in [-0.2, 0) is 20.7 Å². The van der Waals surface area contributed by atoms with Gasteiger partial charge < -0.3 is 14.8 Å². The van der Waals surface area contributed by atoms with Gasteiger partial charge in [0.2, 0.25) is 5.91 Å². The van der Waals surface area contributed by atoms with Crippen molar-refractivity contribution in [3.63, 3.8) is 0 Å². The van der Waals surface area contributed by atoms with Crippen LogP contribution in [0.4, 0.5) is 5.00 Å². The summed E-state index contributed by atoms with van der Waals surface area (Å²) in [5, 5.41) is 3.66. The van der Waals surface area contributed by atoms with Crippen LogP contribution in [0.25, 0.3) is 0 Å². The molecule has 1 heterocycles. The first-order valence-electron chi connectivity index (χ1n) is 8.49. The quantitative estimate of drug-likeness (QED) is 0.615. The maximum atomic E-state index is 12.5. The van der Waals surface area contributed by atoms with Crippen molar-refractivity contribution in [3.05, 3.63) is 49.8 Å².